The van der Waals surface area contributed by atoms with E-state index in [-0.39, 0.29) is 0 Å². The van der Waals surface area contributed by atoms with Crippen molar-refractivity contribution in [3.05, 3.63) is 34.3 Å². The summed E-state index contributed by atoms with van der Waals surface area (Å²) in [7, 11) is 0. The average Bonchev–Trinajstić information content (AvgIpc) is 2.34. The third-order valence-corrected chi connectivity index (χ3v) is 2.88. The van der Waals surface area contributed by atoms with Crippen LogP contribution in [0.4, 0.5) is 5.69 Å². The Balaban J connectivity index is 2.77. The van der Waals surface area contributed by atoms with Crippen molar-refractivity contribution in [2.75, 3.05) is 0 Å². The molecule has 16 heavy (non-hydrogen) atoms. The van der Waals surface area contributed by atoms with E-state index in [0.29, 0.717) is 0 Å². The van der Waals surface area contributed by atoms with Crippen LogP contribution >= 0.6 is 0 Å². The van der Waals surface area contributed by atoms with Crippen LogP contribution in [-0.4, -0.2) is 0 Å². The Hall–Kier alpha value is -1.36. The maximum atomic E-state index is 8.99. The molecule has 86 valence electrons. The standard InChI is InChI=1S/C14H21N2/c1-3-5-7-12-9-10-13(8-6-4-2)14(11-12)16-15/h9-11H,3-8H2,1-2H3/q+1. The number of unbranched alkanes of at least 4 members (excludes halogenated alkanes) is 2. The van der Waals surface area contributed by atoms with E-state index in [1.54, 1.807) is 0 Å². The quantitative estimate of drug-likeness (QED) is 0.625. The van der Waals surface area contributed by atoms with Crippen LogP contribution in [0.2, 0.25) is 0 Å². The molecule has 0 saturated carbocycles. The van der Waals surface area contributed by atoms with Crippen molar-refractivity contribution in [1.82, 2.24) is 0 Å². The second kappa shape index (κ2) is 7.00. The van der Waals surface area contributed by atoms with Crippen molar-refractivity contribution < 1.29 is 0 Å². The molecular formula is C14H21N2+. The van der Waals surface area contributed by atoms with Crippen LogP contribution in [0, 0.1) is 5.39 Å². The van der Waals surface area contributed by atoms with Crippen LogP contribution in [-0.2, 0) is 12.8 Å². The average molecular weight is 217 g/mol. The minimum Gasteiger partial charge on any atom is -0.0654 e. The first-order chi connectivity index (χ1) is 7.81. The molecule has 0 N–H and O–H groups in total. The molecule has 0 spiro atoms. The monoisotopic (exact) mass is 217 g/mol. The highest BCUT2D eigenvalue weighted by Gasteiger charge is 2.13. The molecule has 0 atom stereocenters. The summed E-state index contributed by atoms with van der Waals surface area (Å²) in [6.45, 7) is 4.36. The van der Waals surface area contributed by atoms with Gasteiger partial charge in [0.25, 0.3) is 0 Å². The lowest BCUT2D eigenvalue weighted by Crippen LogP contribution is -1.89. The maximum Gasteiger partial charge on any atom is 0.388 e. The van der Waals surface area contributed by atoms with Gasteiger partial charge in [-0.2, -0.15) is 0 Å². The van der Waals surface area contributed by atoms with Gasteiger partial charge in [-0.3, -0.25) is 0 Å². The number of hydrogen-bond donors (Lipinski definition) is 0. The Bertz CT molecular complexity index is 363. The zero-order valence-electron chi connectivity index (χ0n) is 10.4. The van der Waals surface area contributed by atoms with Gasteiger partial charge in [0.05, 0.1) is 0 Å². The lowest BCUT2D eigenvalue weighted by molar-refractivity contribution is 0.787. The SMILES string of the molecule is CCCCc1ccc(CCCC)c([N+]#N)c1. The summed E-state index contributed by atoms with van der Waals surface area (Å²) in [4.78, 5) is 3.39. The minimum absolute atomic E-state index is 0.752. The third-order valence-electron chi connectivity index (χ3n) is 2.88. The van der Waals surface area contributed by atoms with E-state index in [1.807, 2.05) is 6.07 Å². The van der Waals surface area contributed by atoms with Gasteiger partial charge in [-0.15, -0.1) is 0 Å². The summed E-state index contributed by atoms with van der Waals surface area (Å²) in [6, 6.07) is 6.28. The zero-order valence-corrected chi connectivity index (χ0v) is 10.4. The van der Waals surface area contributed by atoms with Gasteiger partial charge in [-0.1, -0.05) is 38.8 Å². The Kier molecular flexibility index (Phi) is 5.56. The molecule has 0 fully saturated rings. The second-order valence-corrected chi connectivity index (χ2v) is 4.27. The van der Waals surface area contributed by atoms with Gasteiger partial charge in [-0.05, 0) is 31.2 Å². The fraction of sp³-hybridized carbons (Fsp3) is 0.571. The normalized spacial score (nSPS) is 10.1. The fourth-order valence-electron chi connectivity index (χ4n) is 1.82. The molecule has 0 aliphatic rings. The van der Waals surface area contributed by atoms with E-state index in [0.717, 1.165) is 30.5 Å². The van der Waals surface area contributed by atoms with E-state index in [2.05, 4.69) is 31.0 Å². The molecule has 0 radical (unpaired) electrons. The first-order valence-corrected chi connectivity index (χ1v) is 6.28. The summed E-state index contributed by atoms with van der Waals surface area (Å²) in [6.07, 6.45) is 6.79. The molecule has 0 aliphatic carbocycles. The van der Waals surface area contributed by atoms with Crippen molar-refractivity contribution >= 4 is 5.69 Å². The summed E-state index contributed by atoms with van der Waals surface area (Å²) in [5.74, 6) is 0. The van der Waals surface area contributed by atoms with E-state index in [9.17, 15) is 0 Å². The third kappa shape index (κ3) is 3.66. The molecular weight excluding hydrogens is 196 g/mol. The topological polar surface area (TPSA) is 28.1 Å². The Labute approximate surface area is 98.3 Å². The highest BCUT2D eigenvalue weighted by atomic mass is 14.8. The van der Waals surface area contributed by atoms with Crippen LogP contribution in [0.5, 0.6) is 0 Å². The fourth-order valence-corrected chi connectivity index (χ4v) is 1.82. The van der Waals surface area contributed by atoms with Crippen molar-refractivity contribution in [2.45, 2.75) is 52.4 Å². The number of hydrogen-bond acceptors (Lipinski definition) is 1. The van der Waals surface area contributed by atoms with E-state index in [4.69, 9.17) is 5.39 Å². The number of aryl methyl sites for hydroxylation is 2. The minimum atomic E-state index is 0.752. The number of diazo groups is 1. The van der Waals surface area contributed by atoms with Crippen LogP contribution in [0.25, 0.3) is 4.98 Å². The Morgan fingerprint density at radius 2 is 1.75 bits per heavy atom. The molecule has 0 bridgehead atoms. The van der Waals surface area contributed by atoms with E-state index < -0.39 is 0 Å². The molecule has 1 aromatic carbocycles. The summed E-state index contributed by atoms with van der Waals surface area (Å²) in [5, 5.41) is 8.99. The van der Waals surface area contributed by atoms with Gasteiger partial charge in [0.2, 0.25) is 5.39 Å². The molecule has 1 rings (SSSR count). The van der Waals surface area contributed by atoms with E-state index in [1.165, 1.54) is 24.8 Å². The lowest BCUT2D eigenvalue weighted by atomic mass is 10.0. The van der Waals surface area contributed by atoms with Gasteiger partial charge in [-0.25, -0.2) is 0 Å². The number of benzene rings is 1. The van der Waals surface area contributed by atoms with Gasteiger partial charge in [0, 0.05) is 11.6 Å². The van der Waals surface area contributed by atoms with Crippen LogP contribution < -0.4 is 0 Å². The van der Waals surface area contributed by atoms with Crippen molar-refractivity contribution in [1.29, 1.82) is 5.39 Å². The molecule has 0 unspecified atom stereocenters. The van der Waals surface area contributed by atoms with Crippen LogP contribution in [0.3, 0.4) is 0 Å². The Morgan fingerprint density at radius 1 is 1.06 bits per heavy atom. The molecule has 2 heteroatoms. The molecule has 1 aromatic rings. The number of nitrogens with zero attached hydrogens (tertiary/aromatic N) is 2. The van der Waals surface area contributed by atoms with Crippen LogP contribution in [0.1, 0.15) is 50.7 Å². The molecule has 0 aliphatic heterocycles. The highest BCUT2D eigenvalue weighted by molar-refractivity contribution is 5.53. The lowest BCUT2D eigenvalue weighted by Gasteiger charge is -2.00. The largest absolute Gasteiger partial charge is 0.388 e. The zero-order chi connectivity index (χ0) is 11.8. The summed E-state index contributed by atoms with van der Waals surface area (Å²) in [5.41, 5.74) is 3.18. The smallest absolute Gasteiger partial charge is 0.0654 e. The molecule has 0 heterocycles. The second-order valence-electron chi connectivity index (χ2n) is 4.27. The Morgan fingerprint density at radius 3 is 2.38 bits per heavy atom. The number of rotatable bonds is 6. The van der Waals surface area contributed by atoms with Gasteiger partial charge in [0.1, 0.15) is 0 Å². The van der Waals surface area contributed by atoms with Crippen molar-refractivity contribution in [2.24, 2.45) is 0 Å². The molecule has 0 saturated heterocycles. The van der Waals surface area contributed by atoms with Gasteiger partial charge >= 0.3 is 5.69 Å². The predicted octanol–water partition coefficient (Wildman–Crippen LogP) is 4.86. The molecule has 2 nitrogen and oxygen atoms in total. The van der Waals surface area contributed by atoms with Crippen molar-refractivity contribution in [3.8, 4) is 0 Å². The first-order valence-electron chi connectivity index (χ1n) is 6.28. The van der Waals surface area contributed by atoms with Crippen LogP contribution in [0.15, 0.2) is 18.2 Å². The van der Waals surface area contributed by atoms with Crippen molar-refractivity contribution in [3.63, 3.8) is 0 Å². The summed E-state index contributed by atoms with van der Waals surface area (Å²) < 4.78 is 0. The van der Waals surface area contributed by atoms with E-state index >= 15 is 0 Å². The summed E-state index contributed by atoms with van der Waals surface area (Å²) >= 11 is 0. The first kappa shape index (κ1) is 12.7. The van der Waals surface area contributed by atoms with Gasteiger partial charge < -0.3 is 0 Å². The molecule has 0 aromatic heterocycles. The highest BCUT2D eigenvalue weighted by Crippen LogP contribution is 2.23. The van der Waals surface area contributed by atoms with Gasteiger partial charge in [0.15, 0.2) is 4.98 Å². The maximum absolute atomic E-state index is 8.99. The predicted molar refractivity (Wildman–Crippen MR) is 68.4 cm³/mol. The molecule has 0 amide bonds.